The number of carboxylic acid groups (broad SMARTS) is 1. The topological polar surface area (TPSA) is 59.4 Å². The number of rotatable bonds is 7. The number of aliphatic carboxylic acids is 1. The van der Waals surface area contributed by atoms with E-state index in [1.807, 2.05) is 48.7 Å². The average molecular weight is 406 g/mol. The van der Waals surface area contributed by atoms with Crippen LogP contribution >= 0.6 is 34.7 Å². The molecule has 134 valence electrons. The molecule has 1 heterocycles. The molecule has 3 rings (SSSR count). The number of benzene rings is 2. The van der Waals surface area contributed by atoms with E-state index in [-0.39, 0.29) is 6.61 Å². The highest BCUT2D eigenvalue weighted by molar-refractivity contribution is 7.98. The van der Waals surface area contributed by atoms with Gasteiger partial charge in [0.2, 0.25) is 0 Å². The predicted octanol–water partition coefficient (Wildman–Crippen LogP) is 5.53. The van der Waals surface area contributed by atoms with Crippen LogP contribution in [0.25, 0.3) is 11.3 Å². The predicted molar refractivity (Wildman–Crippen MR) is 106 cm³/mol. The third-order valence-electron chi connectivity index (χ3n) is 3.56. The lowest BCUT2D eigenvalue weighted by Crippen LogP contribution is -2.09. The van der Waals surface area contributed by atoms with Crippen molar-refractivity contribution >= 4 is 40.7 Å². The maximum atomic E-state index is 10.6. The Hall–Kier alpha value is -2.02. The van der Waals surface area contributed by atoms with Gasteiger partial charge in [0.05, 0.1) is 11.4 Å². The molecule has 4 nitrogen and oxygen atoms in total. The van der Waals surface area contributed by atoms with E-state index in [0.717, 1.165) is 32.5 Å². The maximum Gasteiger partial charge on any atom is 0.341 e. The van der Waals surface area contributed by atoms with Crippen LogP contribution < -0.4 is 4.74 Å². The summed E-state index contributed by atoms with van der Waals surface area (Å²) in [5.41, 5.74) is 2.74. The first kappa shape index (κ1) is 18.8. The Morgan fingerprint density at radius 1 is 1.31 bits per heavy atom. The first-order chi connectivity index (χ1) is 12.5. The Morgan fingerprint density at radius 3 is 2.85 bits per heavy atom. The van der Waals surface area contributed by atoms with Crippen LogP contribution in [0.3, 0.4) is 0 Å². The van der Waals surface area contributed by atoms with E-state index < -0.39 is 5.97 Å². The molecule has 26 heavy (non-hydrogen) atoms. The summed E-state index contributed by atoms with van der Waals surface area (Å²) in [4.78, 5) is 16.3. The summed E-state index contributed by atoms with van der Waals surface area (Å²) in [7, 11) is 0. The van der Waals surface area contributed by atoms with Crippen molar-refractivity contribution in [2.24, 2.45) is 0 Å². The minimum absolute atomic E-state index is 0.336. The summed E-state index contributed by atoms with van der Waals surface area (Å²) in [5.74, 6) is 0.358. The fraction of sp³-hybridized carbons (Fsp3) is 0.158. The summed E-state index contributed by atoms with van der Waals surface area (Å²) in [6.07, 6.45) is 0. The second kappa shape index (κ2) is 8.58. The molecule has 0 spiro atoms. The standard InChI is InChI=1S/C19H16ClNO3S2/c1-12-8-13(6-7-17(12)24-9-19(22)23)25-11-18-21-16(10-26-18)14-4-2-3-5-15(14)20/h2-8,10H,9,11H2,1H3,(H,22,23). The first-order valence-electron chi connectivity index (χ1n) is 7.80. The summed E-state index contributed by atoms with van der Waals surface area (Å²) in [6.45, 7) is 1.57. The van der Waals surface area contributed by atoms with Gasteiger partial charge in [-0.1, -0.05) is 29.8 Å². The number of nitrogens with zero attached hydrogens (tertiary/aromatic N) is 1. The molecule has 0 aliphatic heterocycles. The van der Waals surface area contributed by atoms with Crippen LogP contribution in [0, 0.1) is 6.92 Å². The molecule has 1 aromatic heterocycles. The van der Waals surface area contributed by atoms with Crippen molar-refractivity contribution in [3.63, 3.8) is 0 Å². The van der Waals surface area contributed by atoms with Crippen molar-refractivity contribution in [1.29, 1.82) is 0 Å². The van der Waals surface area contributed by atoms with Gasteiger partial charge in [-0.2, -0.15) is 0 Å². The number of ether oxygens (including phenoxy) is 1. The Labute approximate surface area is 164 Å². The van der Waals surface area contributed by atoms with E-state index in [1.54, 1.807) is 29.2 Å². The van der Waals surface area contributed by atoms with Crippen molar-refractivity contribution in [2.75, 3.05) is 6.61 Å². The van der Waals surface area contributed by atoms with E-state index in [0.29, 0.717) is 10.8 Å². The summed E-state index contributed by atoms with van der Waals surface area (Å²) >= 11 is 9.52. The normalized spacial score (nSPS) is 10.7. The monoisotopic (exact) mass is 405 g/mol. The number of thioether (sulfide) groups is 1. The quantitative estimate of drug-likeness (QED) is 0.524. The van der Waals surface area contributed by atoms with Crippen LogP contribution in [-0.4, -0.2) is 22.7 Å². The maximum absolute atomic E-state index is 10.6. The number of aryl methyl sites for hydroxylation is 1. The Bertz CT molecular complexity index is 927. The van der Waals surface area contributed by atoms with Crippen molar-refractivity contribution in [2.45, 2.75) is 17.6 Å². The number of hydrogen-bond donors (Lipinski definition) is 1. The highest BCUT2D eigenvalue weighted by atomic mass is 35.5. The molecule has 0 aliphatic rings. The molecular formula is C19H16ClNO3S2. The lowest BCUT2D eigenvalue weighted by Gasteiger charge is -2.08. The molecule has 0 aliphatic carbocycles. The molecule has 0 radical (unpaired) electrons. The van der Waals surface area contributed by atoms with Crippen LogP contribution in [0.15, 0.2) is 52.7 Å². The Morgan fingerprint density at radius 2 is 2.12 bits per heavy atom. The highest BCUT2D eigenvalue weighted by Crippen LogP contribution is 2.32. The van der Waals surface area contributed by atoms with Crippen LogP contribution in [0.5, 0.6) is 5.75 Å². The van der Waals surface area contributed by atoms with Crippen molar-refractivity contribution in [1.82, 2.24) is 4.98 Å². The number of hydrogen-bond acceptors (Lipinski definition) is 5. The lowest BCUT2D eigenvalue weighted by atomic mass is 10.2. The zero-order valence-electron chi connectivity index (χ0n) is 13.9. The van der Waals surface area contributed by atoms with Gasteiger partial charge in [0, 0.05) is 20.9 Å². The molecule has 7 heteroatoms. The van der Waals surface area contributed by atoms with Gasteiger partial charge < -0.3 is 9.84 Å². The molecule has 0 saturated heterocycles. The van der Waals surface area contributed by atoms with Gasteiger partial charge in [-0.3, -0.25) is 0 Å². The molecular weight excluding hydrogens is 390 g/mol. The molecule has 2 aromatic carbocycles. The minimum atomic E-state index is -0.985. The van der Waals surface area contributed by atoms with Gasteiger partial charge in [-0.05, 0) is 36.8 Å². The van der Waals surface area contributed by atoms with Crippen LogP contribution in [0.1, 0.15) is 10.6 Å². The van der Waals surface area contributed by atoms with Crippen molar-refractivity contribution in [3.05, 3.63) is 63.4 Å². The fourth-order valence-corrected chi connectivity index (χ4v) is 4.37. The van der Waals surface area contributed by atoms with E-state index in [2.05, 4.69) is 4.98 Å². The van der Waals surface area contributed by atoms with Gasteiger partial charge in [-0.15, -0.1) is 23.1 Å². The summed E-state index contributed by atoms with van der Waals surface area (Å²) in [5, 5.41) is 12.4. The third kappa shape index (κ3) is 4.78. The van der Waals surface area contributed by atoms with E-state index in [4.69, 9.17) is 21.4 Å². The fourth-order valence-electron chi connectivity index (χ4n) is 2.33. The van der Waals surface area contributed by atoms with Crippen LogP contribution in [-0.2, 0) is 10.5 Å². The van der Waals surface area contributed by atoms with E-state index in [1.165, 1.54) is 0 Å². The molecule has 0 amide bonds. The third-order valence-corrected chi connectivity index (χ3v) is 5.93. The minimum Gasteiger partial charge on any atom is -0.482 e. The van der Waals surface area contributed by atoms with Gasteiger partial charge in [0.25, 0.3) is 0 Å². The largest absolute Gasteiger partial charge is 0.482 e. The van der Waals surface area contributed by atoms with Crippen molar-refractivity contribution in [3.8, 4) is 17.0 Å². The highest BCUT2D eigenvalue weighted by Gasteiger charge is 2.09. The number of aromatic nitrogens is 1. The first-order valence-corrected chi connectivity index (χ1v) is 10.0. The van der Waals surface area contributed by atoms with Gasteiger partial charge >= 0.3 is 5.97 Å². The molecule has 0 fully saturated rings. The molecule has 0 saturated carbocycles. The zero-order valence-corrected chi connectivity index (χ0v) is 16.3. The van der Waals surface area contributed by atoms with Crippen molar-refractivity contribution < 1.29 is 14.6 Å². The SMILES string of the molecule is Cc1cc(SCc2nc(-c3ccccc3Cl)cs2)ccc1OCC(=O)O. The average Bonchev–Trinajstić information content (AvgIpc) is 3.08. The number of carboxylic acids is 1. The zero-order chi connectivity index (χ0) is 18.5. The smallest absolute Gasteiger partial charge is 0.341 e. The van der Waals surface area contributed by atoms with Gasteiger partial charge in [-0.25, -0.2) is 9.78 Å². The second-order valence-corrected chi connectivity index (χ2v) is 7.90. The Kier molecular flexibility index (Phi) is 6.19. The number of halogens is 1. The van der Waals surface area contributed by atoms with E-state index >= 15 is 0 Å². The number of carbonyl (C=O) groups is 1. The molecule has 3 aromatic rings. The summed E-state index contributed by atoms with van der Waals surface area (Å²) in [6, 6.07) is 13.4. The lowest BCUT2D eigenvalue weighted by molar-refractivity contribution is -0.139. The number of thiazole rings is 1. The summed E-state index contributed by atoms with van der Waals surface area (Å²) < 4.78 is 5.25. The molecule has 0 bridgehead atoms. The van der Waals surface area contributed by atoms with Crippen LogP contribution in [0.4, 0.5) is 0 Å². The molecule has 1 N–H and O–H groups in total. The van der Waals surface area contributed by atoms with Gasteiger partial charge in [0.1, 0.15) is 10.8 Å². The Balaban J connectivity index is 1.64. The van der Waals surface area contributed by atoms with Crippen LogP contribution in [0.2, 0.25) is 5.02 Å². The second-order valence-electron chi connectivity index (χ2n) is 5.50. The van der Waals surface area contributed by atoms with E-state index in [9.17, 15) is 4.79 Å². The van der Waals surface area contributed by atoms with Gasteiger partial charge in [0.15, 0.2) is 6.61 Å². The molecule has 0 unspecified atom stereocenters. The molecule has 0 atom stereocenters.